The monoisotopic (exact) mass is 439 g/mol. The molecule has 0 saturated carbocycles. The molecule has 4 rings (SSSR count). The molecule has 2 aromatic carbocycles. The first-order valence-corrected chi connectivity index (χ1v) is 9.74. The molecule has 6 nitrogen and oxygen atoms in total. The summed E-state index contributed by atoms with van der Waals surface area (Å²) < 4.78 is 22.0. The Bertz CT molecular complexity index is 1120. The van der Waals surface area contributed by atoms with E-state index in [1.54, 1.807) is 30.6 Å². The van der Waals surface area contributed by atoms with Gasteiger partial charge in [-0.2, -0.15) is 0 Å². The van der Waals surface area contributed by atoms with E-state index in [2.05, 4.69) is 20.3 Å². The van der Waals surface area contributed by atoms with Gasteiger partial charge in [-0.3, -0.25) is 0 Å². The van der Waals surface area contributed by atoms with Crippen LogP contribution in [0.4, 0.5) is 10.3 Å². The summed E-state index contributed by atoms with van der Waals surface area (Å²) in [4.78, 5) is 13.4. The Kier molecular flexibility index (Phi) is 7.56. The van der Waals surface area contributed by atoms with Gasteiger partial charge in [0.2, 0.25) is 5.95 Å². The minimum atomic E-state index is -0.324. The van der Waals surface area contributed by atoms with E-state index in [-0.39, 0.29) is 18.2 Å². The summed E-state index contributed by atoms with van der Waals surface area (Å²) in [6, 6.07) is 16.3. The number of benzene rings is 2. The van der Waals surface area contributed by atoms with Gasteiger partial charge in [-0.1, -0.05) is 36.4 Å². The zero-order chi connectivity index (χ0) is 20.8. The van der Waals surface area contributed by atoms with E-state index in [4.69, 9.17) is 4.74 Å². The molecule has 0 radical (unpaired) electrons. The van der Waals surface area contributed by atoms with Crippen LogP contribution in [0.25, 0.3) is 22.6 Å². The number of para-hydroxylation sites is 1. The average Bonchev–Trinajstić information content (AvgIpc) is 3.20. The van der Waals surface area contributed by atoms with Crippen LogP contribution in [0.1, 0.15) is 6.42 Å². The number of aromatic nitrogens is 4. The lowest BCUT2D eigenvalue weighted by Crippen LogP contribution is -2.10. The van der Waals surface area contributed by atoms with Crippen LogP contribution in [0, 0.1) is 5.82 Å². The van der Waals surface area contributed by atoms with Gasteiger partial charge in [-0.05, 0) is 24.6 Å². The fourth-order valence-corrected chi connectivity index (χ4v) is 3.09. The predicted octanol–water partition coefficient (Wildman–Crippen LogP) is 4.99. The van der Waals surface area contributed by atoms with Crippen LogP contribution < -0.4 is 10.1 Å². The lowest BCUT2D eigenvalue weighted by Gasteiger charge is -2.12. The number of aryl methyl sites for hydroxylation is 1. The van der Waals surface area contributed by atoms with E-state index in [0.717, 1.165) is 12.2 Å². The van der Waals surface area contributed by atoms with E-state index in [1.165, 1.54) is 6.07 Å². The number of nitrogens with zero attached hydrogens (tertiary/aromatic N) is 4. The van der Waals surface area contributed by atoms with Gasteiger partial charge in [0.1, 0.15) is 17.3 Å². The summed E-state index contributed by atoms with van der Waals surface area (Å²) in [6.45, 7) is 1.22. The number of halogens is 2. The molecule has 0 fully saturated rings. The van der Waals surface area contributed by atoms with Gasteiger partial charge in [-0.15, -0.1) is 12.4 Å². The number of ether oxygens (including phenoxy) is 1. The van der Waals surface area contributed by atoms with E-state index >= 15 is 0 Å². The Morgan fingerprint density at radius 3 is 2.52 bits per heavy atom. The normalized spacial score (nSPS) is 10.4. The molecule has 0 atom stereocenters. The predicted molar refractivity (Wildman–Crippen MR) is 122 cm³/mol. The summed E-state index contributed by atoms with van der Waals surface area (Å²) in [7, 11) is 1.88. The lowest BCUT2D eigenvalue weighted by atomic mass is 10.0. The molecule has 0 amide bonds. The van der Waals surface area contributed by atoms with Crippen molar-refractivity contribution in [3.05, 3.63) is 79.0 Å². The molecule has 160 valence electrons. The quantitative estimate of drug-likeness (QED) is 0.392. The fraction of sp³-hybridized carbons (Fsp3) is 0.174. The van der Waals surface area contributed by atoms with Gasteiger partial charge in [0, 0.05) is 43.3 Å². The first-order valence-electron chi connectivity index (χ1n) is 9.74. The van der Waals surface area contributed by atoms with Gasteiger partial charge in [0.05, 0.1) is 6.61 Å². The van der Waals surface area contributed by atoms with Crippen molar-refractivity contribution in [3.63, 3.8) is 0 Å². The molecular formula is C23H23ClFN5O. The average molecular weight is 440 g/mol. The number of rotatable bonds is 8. The van der Waals surface area contributed by atoms with Gasteiger partial charge in [-0.25, -0.2) is 19.3 Å². The SMILES string of the molecule is Cl.Cn1ccnc1-c1nc(NCCCOc2ccccc2)ncc1-c1ccccc1F. The smallest absolute Gasteiger partial charge is 0.223 e. The third-order valence-corrected chi connectivity index (χ3v) is 4.60. The minimum Gasteiger partial charge on any atom is -0.494 e. The fourth-order valence-electron chi connectivity index (χ4n) is 3.09. The van der Waals surface area contributed by atoms with Gasteiger partial charge < -0.3 is 14.6 Å². The molecule has 0 unspecified atom stereocenters. The van der Waals surface area contributed by atoms with Crippen molar-refractivity contribution >= 4 is 18.4 Å². The number of hydrogen-bond donors (Lipinski definition) is 1. The Morgan fingerprint density at radius 1 is 1.00 bits per heavy atom. The molecule has 0 spiro atoms. The van der Waals surface area contributed by atoms with E-state index in [1.807, 2.05) is 48.1 Å². The van der Waals surface area contributed by atoms with E-state index in [9.17, 15) is 4.39 Å². The summed E-state index contributed by atoms with van der Waals surface area (Å²) in [5.74, 6) is 1.63. The highest BCUT2D eigenvalue weighted by molar-refractivity contribution is 5.85. The molecule has 0 saturated heterocycles. The highest BCUT2D eigenvalue weighted by atomic mass is 35.5. The highest BCUT2D eigenvalue weighted by Gasteiger charge is 2.17. The van der Waals surface area contributed by atoms with Gasteiger partial charge in [0.15, 0.2) is 5.82 Å². The third kappa shape index (κ3) is 5.38. The van der Waals surface area contributed by atoms with Crippen molar-refractivity contribution in [2.45, 2.75) is 6.42 Å². The molecule has 1 N–H and O–H groups in total. The molecule has 0 aliphatic carbocycles. The molecule has 4 aromatic rings. The second-order valence-corrected chi connectivity index (χ2v) is 6.74. The van der Waals surface area contributed by atoms with Gasteiger partial charge in [0.25, 0.3) is 0 Å². The lowest BCUT2D eigenvalue weighted by molar-refractivity contribution is 0.315. The van der Waals surface area contributed by atoms with Crippen molar-refractivity contribution in [1.29, 1.82) is 0 Å². The molecular weight excluding hydrogens is 417 g/mol. The Hall–Kier alpha value is -3.45. The zero-order valence-electron chi connectivity index (χ0n) is 17.0. The maximum absolute atomic E-state index is 14.4. The second-order valence-electron chi connectivity index (χ2n) is 6.74. The summed E-state index contributed by atoms with van der Waals surface area (Å²) in [6.07, 6.45) is 5.94. The van der Waals surface area contributed by atoms with Crippen molar-refractivity contribution < 1.29 is 9.13 Å². The van der Waals surface area contributed by atoms with Crippen LogP contribution in [0.15, 0.2) is 73.2 Å². The van der Waals surface area contributed by atoms with Crippen molar-refractivity contribution in [1.82, 2.24) is 19.5 Å². The summed E-state index contributed by atoms with van der Waals surface area (Å²) in [5.41, 5.74) is 1.62. The highest BCUT2D eigenvalue weighted by Crippen LogP contribution is 2.31. The van der Waals surface area contributed by atoms with Crippen molar-refractivity contribution in [3.8, 4) is 28.4 Å². The number of imidazole rings is 1. The Labute approximate surface area is 186 Å². The van der Waals surface area contributed by atoms with Crippen molar-refractivity contribution in [2.24, 2.45) is 7.05 Å². The maximum atomic E-state index is 14.4. The number of nitrogens with one attached hydrogen (secondary N) is 1. The largest absolute Gasteiger partial charge is 0.494 e. The van der Waals surface area contributed by atoms with E-state index in [0.29, 0.717) is 41.7 Å². The van der Waals surface area contributed by atoms with Crippen LogP contribution in [0.3, 0.4) is 0 Å². The summed E-state index contributed by atoms with van der Waals surface area (Å²) >= 11 is 0. The van der Waals surface area contributed by atoms with E-state index < -0.39 is 0 Å². The Morgan fingerprint density at radius 2 is 1.77 bits per heavy atom. The minimum absolute atomic E-state index is 0. The summed E-state index contributed by atoms with van der Waals surface area (Å²) in [5, 5.41) is 3.21. The molecule has 8 heteroatoms. The zero-order valence-corrected chi connectivity index (χ0v) is 17.8. The topological polar surface area (TPSA) is 64.9 Å². The molecule has 0 aliphatic heterocycles. The number of anilines is 1. The molecule has 0 bridgehead atoms. The van der Waals surface area contributed by atoms with Crippen LogP contribution in [0.2, 0.25) is 0 Å². The molecule has 0 aliphatic rings. The number of hydrogen-bond acceptors (Lipinski definition) is 5. The first kappa shape index (κ1) is 22.2. The van der Waals surface area contributed by atoms with Crippen LogP contribution >= 0.6 is 12.4 Å². The van der Waals surface area contributed by atoms with Crippen LogP contribution in [-0.2, 0) is 7.05 Å². The Balaban J connectivity index is 0.00000272. The van der Waals surface area contributed by atoms with Gasteiger partial charge >= 0.3 is 0 Å². The molecule has 2 aromatic heterocycles. The first-order chi connectivity index (χ1) is 14.7. The molecule has 2 heterocycles. The second kappa shape index (κ2) is 10.5. The maximum Gasteiger partial charge on any atom is 0.223 e. The van der Waals surface area contributed by atoms with Crippen molar-refractivity contribution in [2.75, 3.05) is 18.5 Å². The third-order valence-electron chi connectivity index (χ3n) is 4.60. The van der Waals surface area contributed by atoms with Crippen LogP contribution in [-0.4, -0.2) is 32.7 Å². The molecule has 31 heavy (non-hydrogen) atoms. The standard InChI is InChI=1S/C23H22FN5O.ClH/c1-29-14-13-25-22(29)21-19(18-10-5-6-11-20(18)24)16-27-23(28-21)26-12-7-15-30-17-8-3-2-4-9-17;/h2-6,8-11,13-14,16H,7,12,15H2,1H3,(H,26,27,28);1H. The van der Waals surface area contributed by atoms with Crippen LogP contribution in [0.5, 0.6) is 5.75 Å².